The summed E-state index contributed by atoms with van der Waals surface area (Å²) in [6.07, 6.45) is 1.90. The lowest BCUT2D eigenvalue weighted by molar-refractivity contribution is 0.104. The van der Waals surface area contributed by atoms with Gasteiger partial charge in [0.1, 0.15) is 24.2 Å². The molecule has 2 aromatic carbocycles. The molecule has 1 aliphatic heterocycles. The minimum Gasteiger partial charge on any atom is -0.508 e. The number of aromatic hydroxyl groups is 1. The normalized spacial score (nSPS) is 16.9. The third-order valence-electron chi connectivity index (χ3n) is 6.82. The van der Waals surface area contributed by atoms with Crippen molar-refractivity contribution < 1.29 is 23.4 Å². The molecule has 1 atom stereocenters. The number of rotatable bonds is 11. The molecule has 7 nitrogen and oxygen atoms in total. The third kappa shape index (κ3) is 6.95. The number of phenolic OH excluding ortho intramolecular Hbond substituents is 1. The second-order valence-corrected chi connectivity index (χ2v) is 11.7. The summed E-state index contributed by atoms with van der Waals surface area (Å²) in [5.74, 6) is 1.13. The Balaban J connectivity index is 1.40. The monoisotopic (exact) mass is 490 g/mol. The van der Waals surface area contributed by atoms with Crippen LogP contribution < -0.4 is 10.1 Å². The zero-order chi connectivity index (χ0) is 24.8. The molecule has 0 spiro atoms. The van der Waals surface area contributed by atoms with Crippen LogP contribution in [0, 0.1) is 5.92 Å². The first-order valence-corrected chi connectivity index (χ1v) is 13.5. The zero-order valence-electron chi connectivity index (χ0n) is 20.4. The highest BCUT2D eigenvalue weighted by Crippen LogP contribution is 2.29. The van der Waals surface area contributed by atoms with Crippen molar-refractivity contribution in [2.45, 2.75) is 56.4 Å². The average molecular weight is 491 g/mol. The summed E-state index contributed by atoms with van der Waals surface area (Å²) >= 11 is 0. The van der Waals surface area contributed by atoms with Crippen LogP contribution >= 0.6 is 0 Å². The topological polar surface area (TPSA) is 99.1 Å². The van der Waals surface area contributed by atoms with Crippen molar-refractivity contribution in [1.82, 2.24) is 9.62 Å². The number of phenols is 1. The summed E-state index contributed by atoms with van der Waals surface area (Å²) in [4.78, 5) is 0.358. The number of sulfonamides is 1. The van der Waals surface area contributed by atoms with Crippen LogP contribution in [-0.2, 0) is 15.4 Å². The molecule has 0 aromatic heterocycles. The Morgan fingerprint density at radius 1 is 1.09 bits per heavy atom. The predicted molar refractivity (Wildman–Crippen MR) is 134 cm³/mol. The van der Waals surface area contributed by atoms with Crippen molar-refractivity contribution >= 4 is 10.0 Å². The van der Waals surface area contributed by atoms with Crippen LogP contribution in [0.2, 0.25) is 0 Å². The van der Waals surface area contributed by atoms with Crippen LogP contribution in [0.3, 0.4) is 0 Å². The first-order chi connectivity index (χ1) is 16.1. The fraction of sp³-hybridized carbons (Fsp3) is 0.538. The SMILES string of the molecule is CCC(C)(C)c1ccc(S(=O)(=O)N2CCC(CNC[C@@H](O)COc3ccc(O)cc3)CC2)cc1. The molecule has 34 heavy (non-hydrogen) atoms. The third-order valence-corrected chi connectivity index (χ3v) is 8.74. The standard InChI is InChI=1S/C26H38N2O5S/c1-4-26(2,3)21-5-11-25(12-6-21)34(31,32)28-15-13-20(14-16-28)17-27-18-23(30)19-33-24-9-7-22(29)8-10-24/h5-12,20,23,27,29-30H,4,13-19H2,1-3H3/t23-/m1/s1. The molecular formula is C26H38N2O5S. The van der Waals surface area contributed by atoms with Crippen molar-refractivity contribution in [3.63, 3.8) is 0 Å². The Labute approximate surface area is 203 Å². The first kappa shape index (κ1) is 26.5. The van der Waals surface area contributed by atoms with Gasteiger partial charge in [-0.2, -0.15) is 4.31 Å². The highest BCUT2D eigenvalue weighted by molar-refractivity contribution is 7.89. The largest absolute Gasteiger partial charge is 0.508 e. The Morgan fingerprint density at radius 2 is 1.71 bits per heavy atom. The number of hydrogen-bond acceptors (Lipinski definition) is 6. The molecule has 3 N–H and O–H groups in total. The van der Waals surface area contributed by atoms with Crippen molar-refractivity contribution in [3.8, 4) is 11.5 Å². The average Bonchev–Trinajstić information content (AvgIpc) is 2.84. The lowest BCUT2D eigenvalue weighted by atomic mass is 9.82. The van der Waals surface area contributed by atoms with Gasteiger partial charge in [-0.1, -0.05) is 32.9 Å². The van der Waals surface area contributed by atoms with Crippen LogP contribution in [0.1, 0.15) is 45.6 Å². The van der Waals surface area contributed by atoms with E-state index in [0.29, 0.717) is 36.2 Å². The molecule has 0 saturated carbocycles. The number of ether oxygens (including phenoxy) is 1. The number of aliphatic hydroxyl groups excluding tert-OH is 1. The van der Waals surface area contributed by atoms with E-state index in [-0.39, 0.29) is 17.8 Å². The number of nitrogens with one attached hydrogen (secondary N) is 1. The van der Waals surface area contributed by atoms with E-state index in [9.17, 15) is 18.6 Å². The minimum absolute atomic E-state index is 0.0267. The van der Waals surface area contributed by atoms with Gasteiger partial charge in [0.2, 0.25) is 10.0 Å². The lowest BCUT2D eigenvalue weighted by Crippen LogP contribution is -2.42. The fourth-order valence-corrected chi connectivity index (χ4v) is 5.50. The highest BCUT2D eigenvalue weighted by atomic mass is 32.2. The van der Waals surface area contributed by atoms with Gasteiger partial charge in [0.15, 0.2) is 0 Å². The number of piperidine rings is 1. The molecule has 1 heterocycles. The molecule has 0 amide bonds. The summed E-state index contributed by atoms with van der Waals surface area (Å²) < 4.78 is 33.3. The molecule has 2 aromatic rings. The summed E-state index contributed by atoms with van der Waals surface area (Å²) in [5, 5.41) is 22.7. The Kier molecular flexibility index (Phi) is 8.98. The first-order valence-electron chi connectivity index (χ1n) is 12.0. The van der Waals surface area contributed by atoms with Crippen LogP contribution in [0.15, 0.2) is 53.4 Å². The van der Waals surface area contributed by atoms with Gasteiger partial charge in [0.05, 0.1) is 4.90 Å². The number of aliphatic hydroxyl groups is 1. The van der Waals surface area contributed by atoms with Gasteiger partial charge >= 0.3 is 0 Å². The van der Waals surface area contributed by atoms with Crippen molar-refractivity contribution in [3.05, 3.63) is 54.1 Å². The van der Waals surface area contributed by atoms with Gasteiger partial charge in [0, 0.05) is 19.6 Å². The number of hydrogen-bond donors (Lipinski definition) is 3. The van der Waals surface area contributed by atoms with Gasteiger partial charge in [-0.3, -0.25) is 0 Å². The van der Waals surface area contributed by atoms with Gasteiger partial charge in [0.25, 0.3) is 0 Å². The molecule has 0 radical (unpaired) electrons. The van der Waals surface area contributed by atoms with Gasteiger partial charge in [-0.25, -0.2) is 8.42 Å². The van der Waals surface area contributed by atoms with E-state index in [4.69, 9.17) is 4.74 Å². The molecule has 1 fully saturated rings. The minimum atomic E-state index is -3.48. The molecule has 1 saturated heterocycles. The van der Waals surface area contributed by atoms with Crippen molar-refractivity contribution in [1.29, 1.82) is 0 Å². The molecule has 3 rings (SSSR count). The quantitative estimate of drug-likeness (QED) is 0.446. The molecular weight excluding hydrogens is 452 g/mol. The van der Waals surface area contributed by atoms with E-state index in [1.165, 1.54) is 12.1 Å². The van der Waals surface area contributed by atoms with Gasteiger partial charge in [-0.15, -0.1) is 0 Å². The fourth-order valence-electron chi connectivity index (χ4n) is 4.03. The van der Waals surface area contributed by atoms with Crippen LogP contribution in [-0.4, -0.2) is 61.8 Å². The molecule has 188 valence electrons. The molecule has 8 heteroatoms. The van der Waals surface area contributed by atoms with E-state index in [1.54, 1.807) is 28.6 Å². The van der Waals surface area contributed by atoms with Crippen LogP contribution in [0.5, 0.6) is 11.5 Å². The maximum atomic E-state index is 13.1. The van der Waals surface area contributed by atoms with E-state index in [2.05, 4.69) is 26.1 Å². The summed E-state index contributed by atoms with van der Waals surface area (Å²) in [5.41, 5.74) is 1.17. The van der Waals surface area contributed by atoms with E-state index >= 15 is 0 Å². The summed E-state index contributed by atoms with van der Waals surface area (Å²) in [7, 11) is -3.48. The Hall–Kier alpha value is -2.13. The lowest BCUT2D eigenvalue weighted by Gasteiger charge is -2.31. The number of nitrogens with zero attached hydrogens (tertiary/aromatic N) is 1. The van der Waals surface area contributed by atoms with Crippen LogP contribution in [0.4, 0.5) is 0 Å². The maximum Gasteiger partial charge on any atom is 0.243 e. The smallest absolute Gasteiger partial charge is 0.243 e. The molecule has 0 aliphatic carbocycles. The number of benzene rings is 2. The zero-order valence-corrected chi connectivity index (χ0v) is 21.2. The maximum absolute atomic E-state index is 13.1. The predicted octanol–water partition coefficient (Wildman–Crippen LogP) is 3.51. The summed E-state index contributed by atoms with van der Waals surface area (Å²) in [6, 6.07) is 13.7. The van der Waals surface area contributed by atoms with Gasteiger partial charge < -0.3 is 20.3 Å². The van der Waals surface area contributed by atoms with Crippen molar-refractivity contribution in [2.75, 3.05) is 32.8 Å². The van der Waals surface area contributed by atoms with E-state index < -0.39 is 16.1 Å². The summed E-state index contributed by atoms with van der Waals surface area (Å²) in [6.45, 7) is 8.75. The Morgan fingerprint density at radius 3 is 2.29 bits per heavy atom. The van der Waals surface area contributed by atoms with Gasteiger partial charge in [-0.05, 0) is 79.1 Å². The second kappa shape index (κ2) is 11.5. The van der Waals surface area contributed by atoms with Crippen molar-refractivity contribution in [2.24, 2.45) is 5.92 Å². The highest BCUT2D eigenvalue weighted by Gasteiger charge is 2.29. The molecule has 0 bridgehead atoms. The van der Waals surface area contributed by atoms with Crippen LogP contribution in [0.25, 0.3) is 0 Å². The van der Waals surface area contributed by atoms with E-state index in [0.717, 1.165) is 31.4 Å². The Bertz CT molecular complexity index is 998. The molecule has 1 aliphatic rings. The second-order valence-electron chi connectivity index (χ2n) is 9.73. The molecule has 0 unspecified atom stereocenters. The van der Waals surface area contributed by atoms with E-state index in [1.807, 2.05) is 12.1 Å².